The topological polar surface area (TPSA) is 55.4 Å². The highest BCUT2D eigenvalue weighted by Gasteiger charge is 2.52. The summed E-state index contributed by atoms with van der Waals surface area (Å²) >= 11 is 3.45. The zero-order valence-corrected chi connectivity index (χ0v) is 23.9. The van der Waals surface area contributed by atoms with Gasteiger partial charge >= 0.3 is 7.12 Å². The van der Waals surface area contributed by atoms with Crippen LogP contribution in [0.4, 0.5) is 0 Å². The predicted molar refractivity (Wildman–Crippen MR) is 146 cm³/mol. The summed E-state index contributed by atoms with van der Waals surface area (Å²) in [5.74, 6) is 4.75. The third kappa shape index (κ3) is 6.90. The van der Waals surface area contributed by atoms with Gasteiger partial charge in [-0.15, -0.1) is 0 Å². The summed E-state index contributed by atoms with van der Waals surface area (Å²) in [7, 11) is 2.91. The number of rotatable bonds is 9. The van der Waals surface area contributed by atoms with Gasteiger partial charge in [0.05, 0.1) is 43.1 Å². The van der Waals surface area contributed by atoms with Crippen LogP contribution in [-0.2, 0) is 9.31 Å². The lowest BCUT2D eigenvalue weighted by atomic mass is 9.78. The van der Waals surface area contributed by atoms with E-state index in [9.17, 15) is 0 Å². The Kier molecular flexibility index (Phi) is 8.47. The monoisotopic (exact) mass is 560 g/mol. The lowest BCUT2D eigenvalue weighted by molar-refractivity contribution is 0.00578. The highest BCUT2D eigenvalue weighted by molar-refractivity contribution is 9.10. The standard InChI is InChI=1S/C17H25BO4.C11H13BrO2/c1-16(2)17(3,4)22-18(21-16)14-9-8-13(19-5)10-15(14)20-11-12-6-7-12;1-13-9-4-5-10(12)11(6-9)14-7-8-2-3-8/h8-10,12H,6-7,11H2,1-5H3;4-6,8H,2-3,7H2,1H3. The van der Waals surface area contributed by atoms with Crippen LogP contribution in [0.25, 0.3) is 0 Å². The maximum Gasteiger partial charge on any atom is 0.498 e. The molecule has 0 amide bonds. The summed E-state index contributed by atoms with van der Waals surface area (Å²) in [6.45, 7) is 9.80. The third-order valence-corrected chi connectivity index (χ3v) is 7.86. The van der Waals surface area contributed by atoms with Crippen molar-refractivity contribution in [2.45, 2.75) is 64.6 Å². The molecule has 2 aliphatic carbocycles. The molecule has 3 aliphatic rings. The molecule has 8 heteroatoms. The summed E-state index contributed by atoms with van der Waals surface area (Å²) in [5.41, 5.74) is 0.219. The van der Waals surface area contributed by atoms with E-state index in [0.717, 1.165) is 52.1 Å². The average molecular weight is 561 g/mol. The van der Waals surface area contributed by atoms with Crippen molar-refractivity contribution in [3.63, 3.8) is 0 Å². The number of benzene rings is 2. The van der Waals surface area contributed by atoms with Gasteiger partial charge in [-0.05, 0) is 99.3 Å². The van der Waals surface area contributed by atoms with Gasteiger partial charge in [0.2, 0.25) is 0 Å². The van der Waals surface area contributed by atoms with Crippen LogP contribution in [0.3, 0.4) is 0 Å². The van der Waals surface area contributed by atoms with Crippen LogP contribution in [0.2, 0.25) is 0 Å². The van der Waals surface area contributed by atoms with Crippen molar-refractivity contribution in [1.29, 1.82) is 0 Å². The van der Waals surface area contributed by atoms with Crippen molar-refractivity contribution >= 4 is 28.5 Å². The molecule has 1 saturated heterocycles. The van der Waals surface area contributed by atoms with Crippen LogP contribution in [0, 0.1) is 11.8 Å². The molecule has 2 aromatic carbocycles. The van der Waals surface area contributed by atoms with E-state index in [1.807, 2.05) is 36.4 Å². The van der Waals surface area contributed by atoms with Gasteiger partial charge in [-0.2, -0.15) is 0 Å². The SMILES string of the molecule is COc1ccc(B2OC(C)(C)C(C)(C)O2)c(OCC2CC2)c1.COc1ccc(Br)c(OCC2CC2)c1. The van der Waals surface area contributed by atoms with Crippen LogP contribution in [0.1, 0.15) is 53.4 Å². The van der Waals surface area contributed by atoms with Gasteiger partial charge < -0.3 is 28.3 Å². The zero-order valence-electron chi connectivity index (χ0n) is 22.3. The number of methoxy groups -OCH3 is 2. The largest absolute Gasteiger partial charge is 0.498 e. The molecule has 2 aromatic rings. The quantitative estimate of drug-likeness (QED) is 0.349. The minimum absolute atomic E-state index is 0.356. The second-order valence-corrected chi connectivity index (χ2v) is 11.7. The molecule has 1 heterocycles. The molecule has 5 rings (SSSR count). The number of ether oxygens (including phenoxy) is 4. The highest BCUT2D eigenvalue weighted by atomic mass is 79.9. The molecule has 0 N–H and O–H groups in total. The molecule has 196 valence electrons. The Bertz CT molecular complexity index is 1020. The first-order valence-electron chi connectivity index (χ1n) is 12.7. The Morgan fingerprint density at radius 3 is 1.75 bits per heavy atom. The normalized spacial score (nSPS) is 19.8. The Hall–Kier alpha value is -1.90. The molecule has 2 saturated carbocycles. The van der Waals surface area contributed by atoms with Crippen LogP contribution in [0.15, 0.2) is 40.9 Å². The summed E-state index contributed by atoms with van der Waals surface area (Å²) < 4.78 is 35.4. The molecule has 0 atom stereocenters. The van der Waals surface area contributed by atoms with Crippen LogP contribution >= 0.6 is 15.9 Å². The van der Waals surface area contributed by atoms with E-state index in [4.69, 9.17) is 28.3 Å². The van der Waals surface area contributed by atoms with Crippen molar-refractivity contribution in [2.75, 3.05) is 27.4 Å². The summed E-state index contributed by atoms with van der Waals surface area (Å²) in [6.07, 6.45) is 5.13. The van der Waals surface area contributed by atoms with Crippen molar-refractivity contribution in [2.24, 2.45) is 11.8 Å². The van der Waals surface area contributed by atoms with Crippen LogP contribution in [0.5, 0.6) is 23.0 Å². The van der Waals surface area contributed by atoms with Gasteiger partial charge in [0.25, 0.3) is 0 Å². The molecule has 0 radical (unpaired) electrons. The maximum atomic E-state index is 6.14. The first-order valence-corrected chi connectivity index (χ1v) is 13.5. The van der Waals surface area contributed by atoms with E-state index < -0.39 is 7.12 Å². The number of hydrogen-bond donors (Lipinski definition) is 0. The van der Waals surface area contributed by atoms with Gasteiger partial charge in [-0.3, -0.25) is 0 Å². The van der Waals surface area contributed by atoms with Crippen molar-refractivity contribution in [1.82, 2.24) is 0 Å². The van der Waals surface area contributed by atoms with E-state index in [1.165, 1.54) is 25.7 Å². The maximum absolute atomic E-state index is 6.14. The Morgan fingerprint density at radius 1 is 0.778 bits per heavy atom. The van der Waals surface area contributed by atoms with Gasteiger partial charge in [-0.1, -0.05) is 6.07 Å². The Morgan fingerprint density at radius 2 is 1.25 bits per heavy atom. The first kappa shape index (κ1) is 27.1. The molecular weight excluding hydrogens is 523 g/mol. The van der Waals surface area contributed by atoms with Gasteiger partial charge in [0, 0.05) is 17.6 Å². The highest BCUT2D eigenvalue weighted by Crippen LogP contribution is 2.38. The minimum Gasteiger partial charge on any atom is -0.497 e. The van der Waals surface area contributed by atoms with E-state index >= 15 is 0 Å². The second-order valence-electron chi connectivity index (χ2n) is 10.8. The van der Waals surface area contributed by atoms with E-state index in [0.29, 0.717) is 5.92 Å². The fourth-order valence-corrected chi connectivity index (χ4v) is 4.00. The number of hydrogen-bond acceptors (Lipinski definition) is 6. The first-order chi connectivity index (χ1) is 17.1. The minimum atomic E-state index is -0.412. The fraction of sp³-hybridized carbons (Fsp3) is 0.571. The molecule has 0 unspecified atom stereocenters. The molecule has 0 bridgehead atoms. The van der Waals surface area contributed by atoms with Crippen LogP contribution in [-0.4, -0.2) is 45.8 Å². The lowest BCUT2D eigenvalue weighted by Gasteiger charge is -2.32. The van der Waals surface area contributed by atoms with E-state index in [-0.39, 0.29) is 11.2 Å². The Labute approximate surface area is 224 Å². The van der Waals surface area contributed by atoms with Gasteiger partial charge in [0.1, 0.15) is 23.0 Å². The summed E-state index contributed by atoms with van der Waals surface area (Å²) in [5, 5.41) is 0. The Balaban J connectivity index is 0.000000187. The van der Waals surface area contributed by atoms with Gasteiger partial charge in [0.15, 0.2) is 0 Å². The predicted octanol–water partition coefficient (Wildman–Crippen LogP) is 6.03. The lowest BCUT2D eigenvalue weighted by Crippen LogP contribution is -2.41. The van der Waals surface area contributed by atoms with Crippen molar-refractivity contribution in [3.05, 3.63) is 40.9 Å². The summed E-state index contributed by atoms with van der Waals surface area (Å²) in [6, 6.07) is 11.6. The smallest absolute Gasteiger partial charge is 0.497 e. The third-order valence-electron chi connectivity index (χ3n) is 7.21. The molecule has 3 fully saturated rings. The van der Waals surface area contributed by atoms with E-state index in [1.54, 1.807) is 14.2 Å². The molecule has 1 aliphatic heterocycles. The molecule has 36 heavy (non-hydrogen) atoms. The second kappa shape index (κ2) is 11.2. The molecule has 0 spiro atoms. The average Bonchev–Trinajstić information content (AvgIpc) is 3.77. The fourth-order valence-electron chi connectivity index (χ4n) is 3.64. The zero-order chi connectivity index (χ0) is 25.9. The molecular formula is C28H38BBrO6. The van der Waals surface area contributed by atoms with Crippen molar-refractivity contribution < 1.29 is 28.3 Å². The molecule has 6 nitrogen and oxygen atoms in total. The number of halogens is 1. The molecule has 0 aromatic heterocycles. The van der Waals surface area contributed by atoms with Crippen LogP contribution < -0.4 is 24.4 Å². The summed E-state index contributed by atoms with van der Waals surface area (Å²) in [4.78, 5) is 0. The van der Waals surface area contributed by atoms with Crippen molar-refractivity contribution in [3.8, 4) is 23.0 Å². The van der Waals surface area contributed by atoms with Gasteiger partial charge in [-0.25, -0.2) is 0 Å². The van der Waals surface area contributed by atoms with E-state index in [2.05, 4.69) is 43.6 Å².